The van der Waals surface area contributed by atoms with Gasteiger partial charge in [0.05, 0.1) is 33.6 Å². The van der Waals surface area contributed by atoms with Gasteiger partial charge in [-0.15, -0.1) is 0 Å². The van der Waals surface area contributed by atoms with Crippen molar-refractivity contribution < 1.29 is 18.0 Å². The maximum atomic E-state index is 13.7. The van der Waals surface area contributed by atoms with Crippen molar-refractivity contribution in [3.63, 3.8) is 0 Å². The minimum absolute atomic E-state index is 0.00286. The highest BCUT2D eigenvalue weighted by molar-refractivity contribution is 8.14. The number of carbonyl (C=O) groups is 2. The van der Waals surface area contributed by atoms with Gasteiger partial charge in [0.1, 0.15) is 0 Å². The molecule has 0 saturated carbocycles. The van der Waals surface area contributed by atoms with Gasteiger partial charge < -0.3 is 5.32 Å². The number of hydrogen-bond donors (Lipinski definition) is 1. The molecule has 2 atom stereocenters. The first-order valence-electron chi connectivity index (χ1n) is 13.4. The Hall–Kier alpha value is -3.18. The minimum atomic E-state index is -3.65. The maximum Gasteiger partial charge on any atom is 0.253 e. The summed E-state index contributed by atoms with van der Waals surface area (Å²) in [6.45, 7) is 6.77. The van der Waals surface area contributed by atoms with Crippen molar-refractivity contribution in [2.24, 2.45) is 4.99 Å². The largest absolute Gasteiger partial charge is 0.345 e. The van der Waals surface area contributed by atoms with Crippen molar-refractivity contribution in [1.82, 2.24) is 14.5 Å². The summed E-state index contributed by atoms with van der Waals surface area (Å²) in [7, 11) is -3.65. The first-order chi connectivity index (χ1) is 19.6. The summed E-state index contributed by atoms with van der Waals surface area (Å²) >= 11 is 7.70. The lowest BCUT2D eigenvalue weighted by atomic mass is 10.0. The van der Waals surface area contributed by atoms with Crippen LogP contribution in [0.1, 0.15) is 49.2 Å². The van der Waals surface area contributed by atoms with Crippen LogP contribution in [0.5, 0.6) is 0 Å². The van der Waals surface area contributed by atoms with Crippen LogP contribution < -0.4 is 5.32 Å². The SMILES string of the molecule is CCN(CC)S(=O)(=O)c1cccc(N=C2S[C@H](C)CN2C(=O)C[C@@H](NC(=O)c2ccccc2Cl)c2ccccc2)c1. The van der Waals surface area contributed by atoms with Crippen LogP contribution in [0, 0.1) is 0 Å². The van der Waals surface area contributed by atoms with E-state index in [2.05, 4.69) is 5.32 Å². The molecule has 11 heteroatoms. The Labute approximate surface area is 250 Å². The second-order valence-electron chi connectivity index (χ2n) is 9.53. The van der Waals surface area contributed by atoms with E-state index in [9.17, 15) is 18.0 Å². The molecule has 1 heterocycles. The Bertz CT molecular complexity index is 1530. The lowest BCUT2D eigenvalue weighted by Gasteiger charge is -2.23. The number of amides is 2. The number of nitrogens with one attached hydrogen (secondary N) is 1. The maximum absolute atomic E-state index is 13.7. The molecule has 0 unspecified atom stereocenters. The zero-order valence-electron chi connectivity index (χ0n) is 23.2. The zero-order valence-corrected chi connectivity index (χ0v) is 25.5. The summed E-state index contributed by atoms with van der Waals surface area (Å²) in [6.07, 6.45) is 0.00286. The smallest absolute Gasteiger partial charge is 0.253 e. The lowest BCUT2D eigenvalue weighted by Crippen LogP contribution is -2.37. The van der Waals surface area contributed by atoms with E-state index >= 15 is 0 Å². The molecule has 8 nitrogen and oxygen atoms in total. The van der Waals surface area contributed by atoms with E-state index in [4.69, 9.17) is 16.6 Å². The summed E-state index contributed by atoms with van der Waals surface area (Å²) < 4.78 is 27.5. The van der Waals surface area contributed by atoms with Crippen molar-refractivity contribution in [2.75, 3.05) is 19.6 Å². The van der Waals surface area contributed by atoms with Gasteiger partial charge in [-0.1, -0.05) is 92.7 Å². The van der Waals surface area contributed by atoms with Gasteiger partial charge in [-0.25, -0.2) is 13.4 Å². The average Bonchev–Trinajstić information content (AvgIpc) is 3.33. The topological polar surface area (TPSA) is 99.2 Å². The van der Waals surface area contributed by atoms with Gasteiger partial charge in [0, 0.05) is 24.9 Å². The molecular weight excluding hydrogens is 580 g/mol. The number of nitrogens with zero attached hydrogens (tertiary/aromatic N) is 3. The molecule has 216 valence electrons. The Morgan fingerprint density at radius 2 is 1.73 bits per heavy atom. The Balaban J connectivity index is 1.59. The number of halogens is 1. The molecule has 3 aromatic rings. The van der Waals surface area contributed by atoms with Gasteiger partial charge >= 0.3 is 0 Å². The molecule has 1 N–H and O–H groups in total. The first kappa shape index (κ1) is 30.8. The summed E-state index contributed by atoms with van der Waals surface area (Å²) in [4.78, 5) is 33.3. The summed E-state index contributed by atoms with van der Waals surface area (Å²) in [5.41, 5.74) is 1.56. The molecule has 1 fully saturated rings. The third-order valence-corrected chi connectivity index (χ3v) is 10.1. The normalized spacial score (nSPS) is 17.1. The molecule has 0 aromatic heterocycles. The van der Waals surface area contributed by atoms with Crippen LogP contribution in [0.2, 0.25) is 5.02 Å². The summed E-state index contributed by atoms with van der Waals surface area (Å²) in [6, 6.07) is 21.9. The zero-order chi connectivity index (χ0) is 29.6. The molecule has 0 bridgehead atoms. The molecule has 4 rings (SSSR count). The Morgan fingerprint density at radius 1 is 1.05 bits per heavy atom. The fourth-order valence-corrected chi connectivity index (χ4v) is 7.32. The predicted octanol–water partition coefficient (Wildman–Crippen LogP) is 5.88. The quantitative estimate of drug-likeness (QED) is 0.308. The van der Waals surface area contributed by atoms with Gasteiger partial charge in [0.25, 0.3) is 5.91 Å². The fourth-order valence-electron chi connectivity index (χ4n) is 4.55. The number of carbonyl (C=O) groups excluding carboxylic acids is 2. The van der Waals surface area contributed by atoms with Crippen molar-refractivity contribution >= 4 is 56.1 Å². The molecule has 1 aliphatic rings. The predicted molar refractivity (Wildman–Crippen MR) is 165 cm³/mol. The number of benzene rings is 3. The van der Waals surface area contributed by atoms with Crippen LogP contribution in [-0.4, -0.2) is 59.5 Å². The fraction of sp³-hybridized carbons (Fsp3) is 0.300. The average molecular weight is 613 g/mol. The van der Waals surface area contributed by atoms with Crippen LogP contribution in [-0.2, 0) is 14.8 Å². The van der Waals surface area contributed by atoms with Crippen LogP contribution in [0.3, 0.4) is 0 Å². The number of sulfonamides is 1. The second kappa shape index (κ2) is 13.7. The van der Waals surface area contributed by atoms with Crippen LogP contribution in [0.25, 0.3) is 0 Å². The van der Waals surface area contributed by atoms with Crippen LogP contribution in [0.15, 0.2) is 88.8 Å². The van der Waals surface area contributed by atoms with E-state index < -0.39 is 16.1 Å². The molecule has 1 saturated heterocycles. The molecule has 41 heavy (non-hydrogen) atoms. The van der Waals surface area contributed by atoms with E-state index in [1.807, 2.05) is 37.3 Å². The minimum Gasteiger partial charge on any atom is -0.345 e. The number of aliphatic imine (C=N–C) groups is 1. The van der Waals surface area contributed by atoms with Crippen molar-refractivity contribution in [3.8, 4) is 0 Å². The van der Waals surface area contributed by atoms with E-state index in [1.54, 1.807) is 61.2 Å². The van der Waals surface area contributed by atoms with Gasteiger partial charge in [0.2, 0.25) is 15.9 Å². The molecule has 2 amide bonds. The highest BCUT2D eigenvalue weighted by Gasteiger charge is 2.33. The van der Waals surface area contributed by atoms with Gasteiger partial charge in [-0.2, -0.15) is 4.31 Å². The summed E-state index contributed by atoms with van der Waals surface area (Å²) in [5, 5.41) is 3.88. The number of amidine groups is 1. The molecular formula is C30H33ClN4O4S2. The number of thioether (sulfide) groups is 1. The highest BCUT2D eigenvalue weighted by Crippen LogP contribution is 2.31. The number of rotatable bonds is 10. The standard InChI is InChI=1S/C30H33ClN4O4S2/c1-4-34(5-2)41(38,39)24-15-11-14-23(18-24)32-30-35(20-21(3)40-30)28(36)19-27(22-12-7-6-8-13-22)33-29(37)25-16-9-10-17-26(25)31/h6-18,21,27H,4-5,19-20H2,1-3H3,(H,33,37)/t21-,27-/m1/s1. The molecule has 1 aliphatic heterocycles. The van der Waals surface area contributed by atoms with E-state index in [1.165, 1.54) is 22.1 Å². The van der Waals surface area contributed by atoms with Crippen molar-refractivity contribution in [3.05, 3.63) is 95.0 Å². The molecule has 3 aromatic carbocycles. The Kier molecular flexibility index (Phi) is 10.2. The van der Waals surface area contributed by atoms with Crippen molar-refractivity contribution in [1.29, 1.82) is 0 Å². The molecule has 0 radical (unpaired) electrons. The molecule has 0 spiro atoms. The second-order valence-corrected chi connectivity index (χ2v) is 13.3. The van der Waals surface area contributed by atoms with Gasteiger partial charge in [0.15, 0.2) is 5.17 Å². The van der Waals surface area contributed by atoms with E-state index in [-0.39, 0.29) is 28.4 Å². The van der Waals surface area contributed by atoms with Gasteiger partial charge in [-0.3, -0.25) is 14.5 Å². The first-order valence-corrected chi connectivity index (χ1v) is 16.1. The van der Waals surface area contributed by atoms with E-state index in [0.717, 1.165) is 5.56 Å². The van der Waals surface area contributed by atoms with Crippen LogP contribution in [0.4, 0.5) is 5.69 Å². The highest BCUT2D eigenvalue weighted by atomic mass is 35.5. The Morgan fingerprint density at radius 3 is 2.41 bits per heavy atom. The summed E-state index contributed by atoms with van der Waals surface area (Å²) in [5.74, 6) is -0.581. The number of hydrogen-bond acceptors (Lipinski definition) is 6. The third-order valence-electron chi connectivity index (χ3n) is 6.67. The third kappa shape index (κ3) is 7.37. The molecule has 0 aliphatic carbocycles. The monoisotopic (exact) mass is 612 g/mol. The van der Waals surface area contributed by atoms with Crippen molar-refractivity contribution in [2.45, 2.75) is 43.4 Å². The lowest BCUT2D eigenvalue weighted by molar-refractivity contribution is -0.127. The van der Waals surface area contributed by atoms with E-state index in [0.29, 0.717) is 41.1 Å². The van der Waals surface area contributed by atoms with Gasteiger partial charge in [-0.05, 0) is 35.9 Å². The van der Waals surface area contributed by atoms with Crippen LogP contribution >= 0.6 is 23.4 Å².